The van der Waals surface area contributed by atoms with Crippen LogP contribution in [0.1, 0.15) is 29.2 Å². The molecule has 2 aromatic carbocycles. The first-order valence-electron chi connectivity index (χ1n) is 8.75. The summed E-state index contributed by atoms with van der Waals surface area (Å²) in [6.07, 6.45) is 0.795. The number of nitrogens with one attached hydrogen (secondary N) is 1. The number of aromatic nitrogens is 2. The number of carbonyl (C=O) groups is 1. The summed E-state index contributed by atoms with van der Waals surface area (Å²) in [4.78, 5) is 12.6. The molecule has 0 spiro atoms. The average molecular weight is 349 g/mol. The maximum atomic E-state index is 13.1. The van der Waals surface area contributed by atoms with Crippen LogP contribution in [0.2, 0.25) is 0 Å². The largest absolute Gasteiger partial charge is 0.311 e. The smallest absolute Gasteiger partial charge is 0.229 e. The minimum atomic E-state index is -0.254. The van der Waals surface area contributed by atoms with Gasteiger partial charge in [0.1, 0.15) is 11.6 Å². The van der Waals surface area contributed by atoms with E-state index >= 15 is 0 Å². The Morgan fingerprint density at radius 3 is 2.65 bits per heavy atom. The molecule has 0 aliphatic heterocycles. The molecular weight excluding hydrogens is 329 g/mol. The molecule has 1 aliphatic rings. The number of amides is 1. The van der Waals surface area contributed by atoms with Crippen LogP contribution in [0.5, 0.6) is 0 Å². The fraction of sp³-hybridized carbons (Fsp3) is 0.238. The predicted molar refractivity (Wildman–Crippen MR) is 98.4 cm³/mol. The van der Waals surface area contributed by atoms with Gasteiger partial charge in [-0.05, 0) is 42.5 Å². The second kappa shape index (κ2) is 6.75. The molecular formula is C21H20FN3O. The van der Waals surface area contributed by atoms with E-state index in [1.807, 2.05) is 48.0 Å². The van der Waals surface area contributed by atoms with E-state index in [1.54, 1.807) is 12.1 Å². The molecule has 1 saturated carbocycles. The zero-order valence-electron chi connectivity index (χ0n) is 14.5. The summed E-state index contributed by atoms with van der Waals surface area (Å²) < 4.78 is 14.9. The van der Waals surface area contributed by atoms with Gasteiger partial charge in [-0.15, -0.1) is 0 Å². The Labute approximate surface area is 151 Å². The average Bonchev–Trinajstić information content (AvgIpc) is 3.36. The monoisotopic (exact) mass is 349 g/mol. The Balaban J connectivity index is 1.44. The molecule has 0 bridgehead atoms. The summed E-state index contributed by atoms with van der Waals surface area (Å²) in [5.41, 5.74) is 3.00. The Morgan fingerprint density at radius 1 is 1.19 bits per heavy atom. The summed E-state index contributed by atoms with van der Waals surface area (Å²) >= 11 is 0. The van der Waals surface area contributed by atoms with Crippen LogP contribution in [-0.2, 0) is 11.3 Å². The third-order valence-corrected chi connectivity index (χ3v) is 4.75. The quantitative estimate of drug-likeness (QED) is 0.753. The van der Waals surface area contributed by atoms with Gasteiger partial charge in [-0.1, -0.05) is 42.5 Å². The van der Waals surface area contributed by atoms with Crippen LogP contribution >= 0.6 is 0 Å². The molecule has 1 fully saturated rings. The van der Waals surface area contributed by atoms with E-state index in [-0.39, 0.29) is 23.6 Å². The molecule has 1 aliphatic carbocycles. The van der Waals surface area contributed by atoms with Crippen molar-refractivity contribution < 1.29 is 9.18 Å². The number of anilines is 1. The molecule has 1 aromatic heterocycles. The summed E-state index contributed by atoms with van der Waals surface area (Å²) in [5.74, 6) is 0.549. The molecule has 0 radical (unpaired) electrons. The van der Waals surface area contributed by atoms with Crippen LogP contribution in [0.25, 0.3) is 0 Å². The minimum absolute atomic E-state index is 0.00598. The van der Waals surface area contributed by atoms with Crippen LogP contribution in [0.4, 0.5) is 10.2 Å². The van der Waals surface area contributed by atoms with Gasteiger partial charge >= 0.3 is 0 Å². The van der Waals surface area contributed by atoms with Crippen molar-refractivity contribution in [1.29, 1.82) is 0 Å². The fourth-order valence-corrected chi connectivity index (χ4v) is 3.31. The summed E-state index contributed by atoms with van der Waals surface area (Å²) in [5, 5.41) is 7.50. The molecule has 2 atom stereocenters. The van der Waals surface area contributed by atoms with Crippen LogP contribution in [-0.4, -0.2) is 15.7 Å². The van der Waals surface area contributed by atoms with Crippen LogP contribution in [0.15, 0.2) is 60.7 Å². The van der Waals surface area contributed by atoms with Crippen LogP contribution < -0.4 is 5.32 Å². The van der Waals surface area contributed by atoms with Gasteiger partial charge in [0.15, 0.2) is 0 Å². The molecule has 5 heteroatoms. The van der Waals surface area contributed by atoms with Gasteiger partial charge in [-0.2, -0.15) is 5.10 Å². The van der Waals surface area contributed by atoms with Crippen LogP contribution in [0.3, 0.4) is 0 Å². The Morgan fingerprint density at radius 2 is 1.92 bits per heavy atom. The molecule has 2 unspecified atom stereocenters. The Kier molecular flexibility index (Phi) is 4.29. The summed E-state index contributed by atoms with van der Waals surface area (Å²) in [6.45, 7) is 2.52. The van der Waals surface area contributed by atoms with Gasteiger partial charge in [-0.3, -0.25) is 4.79 Å². The highest BCUT2D eigenvalue weighted by Gasteiger charge is 2.44. The zero-order valence-corrected chi connectivity index (χ0v) is 14.5. The molecule has 1 N–H and O–H groups in total. The molecule has 1 heterocycles. The van der Waals surface area contributed by atoms with Gasteiger partial charge in [0.2, 0.25) is 5.91 Å². The number of hydrogen-bond acceptors (Lipinski definition) is 2. The minimum Gasteiger partial charge on any atom is -0.311 e. The number of carbonyl (C=O) groups excluding carboxylic acids is 1. The number of nitrogens with zero attached hydrogens (tertiary/aromatic N) is 2. The van der Waals surface area contributed by atoms with Crippen molar-refractivity contribution in [3.8, 4) is 0 Å². The van der Waals surface area contributed by atoms with Crippen molar-refractivity contribution in [2.45, 2.75) is 25.8 Å². The van der Waals surface area contributed by atoms with E-state index in [4.69, 9.17) is 0 Å². The number of halogens is 1. The highest BCUT2D eigenvalue weighted by molar-refractivity contribution is 5.94. The van der Waals surface area contributed by atoms with Crippen molar-refractivity contribution >= 4 is 11.7 Å². The standard InChI is InChI=1S/C21H20FN3O/c1-14-11-20(25(24-14)13-15-5-3-2-4-6-15)23-21(26)19-12-18(19)16-7-9-17(22)10-8-16/h2-11,18-19H,12-13H2,1H3,(H,23,26). The van der Waals surface area contributed by atoms with E-state index < -0.39 is 0 Å². The Hall–Kier alpha value is -2.95. The van der Waals surface area contributed by atoms with Crippen molar-refractivity contribution in [3.05, 3.63) is 83.3 Å². The molecule has 4 nitrogen and oxygen atoms in total. The van der Waals surface area contributed by atoms with Gasteiger partial charge < -0.3 is 5.32 Å². The third kappa shape index (κ3) is 3.52. The summed E-state index contributed by atoms with van der Waals surface area (Å²) in [7, 11) is 0. The number of benzene rings is 2. The zero-order chi connectivity index (χ0) is 18.1. The van der Waals surface area contributed by atoms with E-state index in [1.165, 1.54) is 12.1 Å². The van der Waals surface area contributed by atoms with Crippen molar-refractivity contribution in [1.82, 2.24) is 9.78 Å². The third-order valence-electron chi connectivity index (χ3n) is 4.75. The lowest BCUT2D eigenvalue weighted by molar-refractivity contribution is -0.117. The van der Waals surface area contributed by atoms with Gasteiger partial charge in [0, 0.05) is 12.0 Å². The molecule has 0 saturated heterocycles. The van der Waals surface area contributed by atoms with Gasteiger partial charge in [0.25, 0.3) is 0 Å². The Bertz CT molecular complexity index is 918. The second-order valence-corrected chi connectivity index (χ2v) is 6.80. The van der Waals surface area contributed by atoms with E-state index in [0.717, 1.165) is 23.2 Å². The predicted octanol–water partition coefficient (Wildman–Crippen LogP) is 4.12. The first kappa shape index (κ1) is 16.5. The highest BCUT2D eigenvalue weighted by Crippen LogP contribution is 2.48. The molecule has 4 rings (SSSR count). The van der Waals surface area contributed by atoms with Crippen molar-refractivity contribution in [2.75, 3.05) is 5.32 Å². The molecule has 1 amide bonds. The number of aryl methyl sites for hydroxylation is 1. The van der Waals surface area contributed by atoms with Crippen molar-refractivity contribution in [3.63, 3.8) is 0 Å². The normalized spacial score (nSPS) is 18.5. The first-order chi connectivity index (χ1) is 12.6. The highest BCUT2D eigenvalue weighted by atomic mass is 19.1. The van der Waals surface area contributed by atoms with Crippen molar-refractivity contribution in [2.24, 2.45) is 5.92 Å². The fourth-order valence-electron chi connectivity index (χ4n) is 3.31. The van der Waals surface area contributed by atoms with Gasteiger partial charge in [-0.25, -0.2) is 9.07 Å². The van der Waals surface area contributed by atoms with Gasteiger partial charge in [0.05, 0.1) is 12.2 Å². The maximum absolute atomic E-state index is 13.1. The maximum Gasteiger partial charge on any atom is 0.229 e. The van der Waals surface area contributed by atoms with E-state index in [2.05, 4.69) is 10.4 Å². The first-order valence-corrected chi connectivity index (χ1v) is 8.75. The van der Waals surface area contributed by atoms with E-state index in [9.17, 15) is 9.18 Å². The lowest BCUT2D eigenvalue weighted by Gasteiger charge is -2.09. The second-order valence-electron chi connectivity index (χ2n) is 6.80. The molecule has 132 valence electrons. The SMILES string of the molecule is Cc1cc(NC(=O)C2CC2c2ccc(F)cc2)n(Cc2ccccc2)n1. The lowest BCUT2D eigenvalue weighted by atomic mass is 10.1. The summed E-state index contributed by atoms with van der Waals surface area (Å²) in [6, 6.07) is 18.3. The van der Waals surface area contributed by atoms with E-state index in [0.29, 0.717) is 12.4 Å². The molecule has 26 heavy (non-hydrogen) atoms. The number of hydrogen-bond donors (Lipinski definition) is 1. The lowest BCUT2D eigenvalue weighted by Crippen LogP contribution is -2.18. The molecule has 3 aromatic rings. The number of rotatable bonds is 5. The van der Waals surface area contributed by atoms with Crippen LogP contribution in [0, 0.1) is 18.7 Å². The topological polar surface area (TPSA) is 46.9 Å².